The number of para-hydroxylation sites is 1. The van der Waals surface area contributed by atoms with Crippen LogP contribution in [0.1, 0.15) is 16.7 Å². The number of hydrogen-bond acceptors (Lipinski definition) is 2. The number of nitrogens with one attached hydrogen (secondary N) is 3. The summed E-state index contributed by atoms with van der Waals surface area (Å²) < 4.78 is 0. The van der Waals surface area contributed by atoms with Crippen LogP contribution in [0, 0.1) is 20.8 Å². The van der Waals surface area contributed by atoms with Gasteiger partial charge < -0.3 is 16.0 Å². The van der Waals surface area contributed by atoms with Crippen molar-refractivity contribution in [3.8, 4) is 0 Å². The molecule has 1 amide bonds. The van der Waals surface area contributed by atoms with Gasteiger partial charge in [-0.3, -0.25) is 4.79 Å². The zero-order valence-electron chi connectivity index (χ0n) is 13.9. The Bertz CT molecular complexity index is 757. The van der Waals surface area contributed by atoms with E-state index in [0.717, 1.165) is 28.1 Å². The molecule has 4 nitrogen and oxygen atoms in total. The largest absolute Gasteiger partial charge is 0.353 e. The summed E-state index contributed by atoms with van der Waals surface area (Å²) in [6.07, 6.45) is 0. The molecule has 0 atom stereocenters. The molecule has 0 spiro atoms. The summed E-state index contributed by atoms with van der Waals surface area (Å²) in [5, 5.41) is 9.89. The maximum absolute atomic E-state index is 12.1. The highest BCUT2D eigenvalue weighted by Gasteiger charge is 2.09. The monoisotopic (exact) mass is 361 g/mol. The average Bonchev–Trinajstić information content (AvgIpc) is 2.53. The first-order chi connectivity index (χ1) is 11.4. The third kappa shape index (κ3) is 4.69. The van der Waals surface area contributed by atoms with Crippen LogP contribution >= 0.6 is 23.8 Å². The number of rotatable bonds is 4. The number of thiocarbonyl (C=S) groups is 1. The van der Waals surface area contributed by atoms with E-state index in [2.05, 4.69) is 16.0 Å². The van der Waals surface area contributed by atoms with E-state index in [4.69, 9.17) is 23.8 Å². The second-order valence-corrected chi connectivity index (χ2v) is 6.35. The first-order valence-corrected chi connectivity index (χ1v) is 8.33. The van der Waals surface area contributed by atoms with Gasteiger partial charge in [0.15, 0.2) is 5.11 Å². The summed E-state index contributed by atoms with van der Waals surface area (Å²) in [4.78, 5) is 12.1. The molecule has 2 rings (SSSR count). The predicted octanol–water partition coefficient (Wildman–Crippen LogP) is 4.19. The van der Waals surface area contributed by atoms with Gasteiger partial charge in [-0.05, 0) is 61.8 Å². The fraction of sp³-hybridized carbons (Fsp3) is 0.222. The molecule has 0 unspecified atom stereocenters. The summed E-state index contributed by atoms with van der Waals surface area (Å²) in [6.45, 7) is 5.91. The van der Waals surface area contributed by atoms with Gasteiger partial charge in [0.05, 0.1) is 6.54 Å². The summed E-state index contributed by atoms with van der Waals surface area (Å²) in [5.41, 5.74) is 4.62. The Morgan fingerprint density at radius 2 is 1.67 bits per heavy atom. The zero-order chi connectivity index (χ0) is 17.7. The van der Waals surface area contributed by atoms with Crippen molar-refractivity contribution >= 4 is 46.2 Å². The van der Waals surface area contributed by atoms with Crippen molar-refractivity contribution in [2.45, 2.75) is 20.8 Å². The van der Waals surface area contributed by atoms with Gasteiger partial charge in [-0.15, -0.1) is 0 Å². The predicted molar refractivity (Wildman–Crippen MR) is 105 cm³/mol. The number of amides is 1. The standard InChI is InChI=1S/C18H20ClN3OS/c1-11-6-4-7-12(2)17(11)22-16(23)10-20-18(24)21-15-9-5-8-14(19)13(15)3/h4-9H,10H2,1-3H3,(H,22,23)(H2,20,21,24). The van der Waals surface area contributed by atoms with E-state index in [-0.39, 0.29) is 12.5 Å². The van der Waals surface area contributed by atoms with Crippen molar-refractivity contribution in [3.63, 3.8) is 0 Å². The highest BCUT2D eigenvalue weighted by molar-refractivity contribution is 7.80. The van der Waals surface area contributed by atoms with Gasteiger partial charge in [-0.2, -0.15) is 0 Å². The number of carbonyl (C=O) groups is 1. The smallest absolute Gasteiger partial charge is 0.243 e. The molecule has 0 radical (unpaired) electrons. The Hall–Kier alpha value is -2.11. The summed E-state index contributed by atoms with van der Waals surface area (Å²) in [5.74, 6) is -0.153. The van der Waals surface area contributed by atoms with E-state index >= 15 is 0 Å². The molecular weight excluding hydrogens is 342 g/mol. The van der Waals surface area contributed by atoms with E-state index < -0.39 is 0 Å². The molecular formula is C18H20ClN3OS. The van der Waals surface area contributed by atoms with Crippen LogP contribution < -0.4 is 16.0 Å². The molecule has 2 aromatic rings. The Morgan fingerprint density at radius 3 is 2.33 bits per heavy atom. The first-order valence-electron chi connectivity index (χ1n) is 7.54. The topological polar surface area (TPSA) is 53.2 Å². The maximum Gasteiger partial charge on any atom is 0.243 e. The van der Waals surface area contributed by atoms with E-state index in [1.165, 1.54) is 0 Å². The fourth-order valence-corrected chi connectivity index (χ4v) is 2.62. The first kappa shape index (κ1) is 18.2. The Balaban J connectivity index is 1.90. The third-order valence-electron chi connectivity index (χ3n) is 3.67. The molecule has 0 aliphatic rings. The van der Waals surface area contributed by atoms with Gasteiger partial charge in [0.25, 0.3) is 0 Å². The Morgan fingerprint density at radius 1 is 1.04 bits per heavy atom. The number of benzene rings is 2. The van der Waals surface area contributed by atoms with Gasteiger partial charge in [0, 0.05) is 16.4 Å². The molecule has 0 saturated heterocycles. The number of halogens is 1. The van der Waals surface area contributed by atoms with Crippen LogP contribution in [0.15, 0.2) is 36.4 Å². The lowest BCUT2D eigenvalue weighted by molar-refractivity contribution is -0.115. The number of carbonyl (C=O) groups excluding carboxylic acids is 1. The highest BCUT2D eigenvalue weighted by Crippen LogP contribution is 2.22. The minimum absolute atomic E-state index is 0.0826. The van der Waals surface area contributed by atoms with Gasteiger partial charge in [-0.1, -0.05) is 35.9 Å². The molecule has 2 aromatic carbocycles. The van der Waals surface area contributed by atoms with Gasteiger partial charge in [0.2, 0.25) is 5.91 Å². The SMILES string of the molecule is Cc1cccc(C)c1NC(=O)CNC(=S)Nc1cccc(Cl)c1C. The summed E-state index contributed by atoms with van der Waals surface area (Å²) in [7, 11) is 0. The van der Waals surface area contributed by atoms with Crippen LogP contribution in [0.3, 0.4) is 0 Å². The van der Waals surface area contributed by atoms with Crippen molar-refractivity contribution < 1.29 is 4.79 Å². The van der Waals surface area contributed by atoms with Gasteiger partial charge in [0.1, 0.15) is 0 Å². The third-order valence-corrected chi connectivity index (χ3v) is 4.33. The Kier molecular flexibility index (Phi) is 6.17. The van der Waals surface area contributed by atoms with Crippen LogP contribution in [0.4, 0.5) is 11.4 Å². The molecule has 0 heterocycles. The van der Waals surface area contributed by atoms with Crippen LogP contribution in [0.2, 0.25) is 5.02 Å². The molecule has 3 N–H and O–H groups in total. The average molecular weight is 362 g/mol. The van der Waals surface area contributed by atoms with Crippen molar-refractivity contribution in [2.24, 2.45) is 0 Å². The molecule has 0 saturated carbocycles. The second kappa shape index (κ2) is 8.13. The lowest BCUT2D eigenvalue weighted by Gasteiger charge is -2.14. The second-order valence-electron chi connectivity index (χ2n) is 5.54. The molecule has 0 aromatic heterocycles. The minimum atomic E-state index is -0.153. The van der Waals surface area contributed by atoms with Crippen molar-refractivity contribution in [1.29, 1.82) is 0 Å². The van der Waals surface area contributed by atoms with Crippen LogP contribution in [-0.2, 0) is 4.79 Å². The lowest BCUT2D eigenvalue weighted by Crippen LogP contribution is -2.36. The quantitative estimate of drug-likeness (QED) is 0.715. The van der Waals surface area contributed by atoms with Crippen LogP contribution in [0.5, 0.6) is 0 Å². The molecule has 6 heteroatoms. The summed E-state index contributed by atoms with van der Waals surface area (Å²) >= 11 is 11.3. The normalized spacial score (nSPS) is 10.2. The van der Waals surface area contributed by atoms with Gasteiger partial charge in [-0.25, -0.2) is 0 Å². The van der Waals surface area contributed by atoms with E-state index in [9.17, 15) is 4.79 Å². The Labute approximate surface area is 152 Å². The van der Waals surface area contributed by atoms with Gasteiger partial charge >= 0.3 is 0 Å². The maximum atomic E-state index is 12.1. The van der Waals surface area contributed by atoms with E-state index in [1.54, 1.807) is 0 Å². The zero-order valence-corrected chi connectivity index (χ0v) is 15.4. The van der Waals surface area contributed by atoms with Crippen molar-refractivity contribution in [3.05, 3.63) is 58.1 Å². The fourth-order valence-electron chi connectivity index (χ4n) is 2.27. The summed E-state index contributed by atoms with van der Waals surface area (Å²) in [6, 6.07) is 11.4. The lowest BCUT2D eigenvalue weighted by atomic mass is 10.1. The van der Waals surface area contributed by atoms with Crippen molar-refractivity contribution in [2.75, 3.05) is 17.2 Å². The molecule has 24 heavy (non-hydrogen) atoms. The van der Waals surface area contributed by atoms with Crippen LogP contribution in [0.25, 0.3) is 0 Å². The molecule has 0 aliphatic carbocycles. The van der Waals surface area contributed by atoms with E-state index in [1.807, 2.05) is 57.2 Å². The number of hydrogen-bond donors (Lipinski definition) is 3. The molecule has 0 aliphatic heterocycles. The van der Waals surface area contributed by atoms with Crippen LogP contribution in [-0.4, -0.2) is 17.6 Å². The highest BCUT2D eigenvalue weighted by atomic mass is 35.5. The molecule has 126 valence electrons. The number of aryl methyl sites for hydroxylation is 2. The molecule has 0 fully saturated rings. The number of anilines is 2. The minimum Gasteiger partial charge on any atom is -0.353 e. The van der Waals surface area contributed by atoms with Crippen molar-refractivity contribution in [1.82, 2.24) is 5.32 Å². The van der Waals surface area contributed by atoms with E-state index in [0.29, 0.717) is 10.1 Å². The molecule has 0 bridgehead atoms.